The molecule has 0 bridgehead atoms. The third-order valence-electron chi connectivity index (χ3n) is 3.66. The third-order valence-corrected chi connectivity index (χ3v) is 5.26. The van der Waals surface area contributed by atoms with Crippen molar-refractivity contribution in [2.75, 3.05) is 13.2 Å². The number of rotatable bonds is 6. The summed E-state index contributed by atoms with van der Waals surface area (Å²) in [5.74, 6) is -0.893. The zero-order valence-corrected chi connectivity index (χ0v) is 19.4. The predicted molar refractivity (Wildman–Crippen MR) is 121 cm³/mol. The van der Waals surface area contributed by atoms with Crippen molar-refractivity contribution in [3.8, 4) is 5.75 Å². The fraction of sp³-hybridized carbons (Fsp3) is 0.150. The van der Waals surface area contributed by atoms with Crippen molar-refractivity contribution in [3.63, 3.8) is 0 Å². The molecular weight excluding hydrogens is 607 g/mol. The van der Waals surface area contributed by atoms with Crippen LogP contribution in [0.3, 0.4) is 0 Å². The average Bonchev–Trinajstić information content (AvgIpc) is 3.02. The Kier molecular flexibility index (Phi) is 7.22. The van der Waals surface area contributed by atoms with Gasteiger partial charge in [0.05, 0.1) is 13.7 Å². The lowest BCUT2D eigenvalue weighted by atomic mass is 10.2. The molecule has 29 heavy (non-hydrogen) atoms. The van der Waals surface area contributed by atoms with E-state index in [1.807, 2.05) is 0 Å². The summed E-state index contributed by atoms with van der Waals surface area (Å²) in [7, 11) is 0. The number of hydrogen-bond acceptors (Lipinski definition) is 6. The smallest absolute Gasteiger partial charge is 0.363 e. The number of carbonyl (C=O) groups excluding carboxylic acids is 2. The van der Waals surface area contributed by atoms with Crippen LogP contribution in [0.25, 0.3) is 6.08 Å². The molecule has 1 aliphatic heterocycles. The summed E-state index contributed by atoms with van der Waals surface area (Å²) in [4.78, 5) is 27.8. The monoisotopic (exact) mass is 621 g/mol. The molecule has 0 N–H and O–H groups in total. The molecule has 3 rings (SSSR count). The second-order valence-electron chi connectivity index (χ2n) is 5.75. The highest BCUT2D eigenvalue weighted by Gasteiger charge is 2.24. The molecule has 0 spiro atoms. The quantitative estimate of drug-likeness (QED) is 0.273. The van der Waals surface area contributed by atoms with Crippen LogP contribution in [0.5, 0.6) is 5.75 Å². The first kappa shape index (κ1) is 21.7. The number of aliphatic imine (C=N–C) groups is 1. The van der Waals surface area contributed by atoms with E-state index >= 15 is 0 Å². The van der Waals surface area contributed by atoms with Crippen molar-refractivity contribution >= 4 is 69.1 Å². The van der Waals surface area contributed by atoms with Crippen molar-refractivity contribution in [2.24, 2.45) is 4.99 Å². The summed E-state index contributed by atoms with van der Waals surface area (Å²) in [5, 5.41) is 0. The average molecular weight is 621 g/mol. The van der Waals surface area contributed by atoms with Gasteiger partial charge in [-0.15, -0.1) is 0 Å². The molecule has 0 amide bonds. The zero-order chi connectivity index (χ0) is 21.0. The first-order valence-corrected chi connectivity index (χ1v) is 10.6. The molecule has 0 aliphatic carbocycles. The van der Waals surface area contributed by atoms with Crippen LogP contribution in [0.4, 0.5) is 4.39 Å². The number of esters is 2. The Bertz CT molecular complexity index is 1010. The summed E-state index contributed by atoms with van der Waals surface area (Å²) in [6, 6.07) is 9.25. The predicted octanol–water partition coefficient (Wildman–Crippen LogP) is 4.32. The molecule has 0 unspecified atom stereocenters. The van der Waals surface area contributed by atoms with Gasteiger partial charge in [-0.2, -0.15) is 0 Å². The van der Waals surface area contributed by atoms with Crippen LogP contribution in [-0.4, -0.2) is 31.1 Å². The van der Waals surface area contributed by atoms with Gasteiger partial charge >= 0.3 is 11.9 Å². The highest BCUT2D eigenvalue weighted by Crippen LogP contribution is 2.30. The van der Waals surface area contributed by atoms with Crippen molar-refractivity contribution in [1.82, 2.24) is 0 Å². The van der Waals surface area contributed by atoms with Crippen LogP contribution in [0.15, 0.2) is 47.1 Å². The van der Waals surface area contributed by atoms with E-state index < -0.39 is 17.8 Å². The SMILES string of the molecule is CCOC(=O)COc1c(I)cc(/C=C2\N=C(c3cccc(F)c3)OC2=O)cc1I. The molecule has 0 atom stereocenters. The topological polar surface area (TPSA) is 74.2 Å². The Morgan fingerprint density at radius 3 is 2.62 bits per heavy atom. The van der Waals surface area contributed by atoms with Crippen LogP contribution in [0.1, 0.15) is 18.1 Å². The van der Waals surface area contributed by atoms with Gasteiger partial charge in [0.1, 0.15) is 11.6 Å². The highest BCUT2D eigenvalue weighted by molar-refractivity contribution is 14.1. The molecule has 0 fully saturated rings. The molecule has 1 aliphatic rings. The number of nitrogens with zero attached hydrogens (tertiary/aromatic N) is 1. The summed E-state index contributed by atoms with van der Waals surface area (Å²) in [5.41, 5.74) is 1.20. The number of halogens is 3. The van der Waals surface area contributed by atoms with Gasteiger partial charge in [-0.05, 0) is 94.1 Å². The van der Waals surface area contributed by atoms with Gasteiger partial charge in [0.2, 0.25) is 5.90 Å². The van der Waals surface area contributed by atoms with Crippen molar-refractivity contribution < 1.29 is 28.2 Å². The van der Waals surface area contributed by atoms with E-state index in [4.69, 9.17) is 14.2 Å². The second-order valence-corrected chi connectivity index (χ2v) is 8.08. The summed E-state index contributed by atoms with van der Waals surface area (Å²) in [6.45, 7) is 1.83. The molecule has 0 saturated heterocycles. The van der Waals surface area contributed by atoms with Crippen molar-refractivity contribution in [3.05, 3.63) is 66.2 Å². The van der Waals surface area contributed by atoms with E-state index in [1.54, 1.807) is 31.2 Å². The van der Waals surface area contributed by atoms with Gasteiger partial charge < -0.3 is 14.2 Å². The van der Waals surface area contributed by atoms with Crippen LogP contribution >= 0.6 is 45.2 Å². The Balaban J connectivity index is 1.83. The Morgan fingerprint density at radius 1 is 1.24 bits per heavy atom. The first-order chi connectivity index (χ1) is 13.9. The number of cyclic esters (lactones) is 1. The molecule has 2 aromatic rings. The van der Waals surface area contributed by atoms with E-state index in [1.165, 1.54) is 18.2 Å². The maximum atomic E-state index is 13.4. The summed E-state index contributed by atoms with van der Waals surface area (Å²) < 4.78 is 30.5. The standard InChI is InChI=1S/C20H14FI2NO5/c1-2-27-17(25)10-28-18-14(22)6-11(7-15(18)23)8-16-20(26)29-19(24-16)12-4-3-5-13(21)9-12/h3-9H,2,10H2,1H3/b16-8-. The largest absolute Gasteiger partial charge is 0.480 e. The van der Waals surface area contributed by atoms with Crippen LogP contribution in [0, 0.1) is 13.0 Å². The number of carbonyl (C=O) groups is 2. The van der Waals surface area contributed by atoms with Crippen LogP contribution in [-0.2, 0) is 19.1 Å². The van der Waals surface area contributed by atoms with Gasteiger partial charge in [0.25, 0.3) is 0 Å². The van der Waals surface area contributed by atoms with Gasteiger partial charge in [0, 0.05) is 5.56 Å². The van der Waals surface area contributed by atoms with Gasteiger partial charge in [-0.25, -0.2) is 19.0 Å². The van der Waals surface area contributed by atoms with Gasteiger partial charge in [0.15, 0.2) is 12.3 Å². The maximum absolute atomic E-state index is 13.4. The van der Waals surface area contributed by atoms with Crippen LogP contribution < -0.4 is 4.74 Å². The molecule has 1 heterocycles. The third kappa shape index (κ3) is 5.53. The molecular formula is C20H14FI2NO5. The number of ether oxygens (including phenoxy) is 3. The Morgan fingerprint density at radius 2 is 1.97 bits per heavy atom. The molecule has 0 radical (unpaired) electrons. The fourth-order valence-electron chi connectivity index (χ4n) is 2.45. The van der Waals surface area contributed by atoms with E-state index in [2.05, 4.69) is 50.2 Å². The zero-order valence-electron chi connectivity index (χ0n) is 15.1. The molecule has 150 valence electrons. The van der Waals surface area contributed by atoms with E-state index in [-0.39, 0.29) is 24.8 Å². The molecule has 6 nitrogen and oxygen atoms in total. The van der Waals surface area contributed by atoms with Crippen molar-refractivity contribution in [2.45, 2.75) is 6.92 Å². The number of hydrogen-bond donors (Lipinski definition) is 0. The lowest BCUT2D eigenvalue weighted by molar-refractivity contribution is -0.145. The lowest BCUT2D eigenvalue weighted by Crippen LogP contribution is -2.15. The minimum Gasteiger partial charge on any atom is -0.480 e. The minimum absolute atomic E-state index is 0.0551. The summed E-state index contributed by atoms with van der Waals surface area (Å²) >= 11 is 4.17. The van der Waals surface area contributed by atoms with Gasteiger partial charge in [-0.1, -0.05) is 6.07 Å². The Labute approximate surface area is 193 Å². The second kappa shape index (κ2) is 9.65. The lowest BCUT2D eigenvalue weighted by Gasteiger charge is -2.11. The fourth-order valence-corrected chi connectivity index (χ4v) is 4.57. The van der Waals surface area contributed by atoms with Gasteiger partial charge in [-0.3, -0.25) is 0 Å². The molecule has 0 aromatic heterocycles. The number of benzene rings is 2. The highest BCUT2D eigenvalue weighted by atomic mass is 127. The van der Waals surface area contributed by atoms with Crippen molar-refractivity contribution in [1.29, 1.82) is 0 Å². The van der Waals surface area contributed by atoms with E-state index in [0.29, 0.717) is 16.9 Å². The minimum atomic E-state index is -0.614. The molecule has 9 heteroatoms. The maximum Gasteiger partial charge on any atom is 0.363 e. The van der Waals surface area contributed by atoms with Crippen LogP contribution in [0.2, 0.25) is 0 Å². The molecule has 0 saturated carbocycles. The van der Waals surface area contributed by atoms with E-state index in [9.17, 15) is 14.0 Å². The summed E-state index contributed by atoms with van der Waals surface area (Å²) in [6.07, 6.45) is 1.58. The first-order valence-electron chi connectivity index (χ1n) is 8.43. The normalized spacial score (nSPS) is 14.6. The Hall–Kier alpha value is -2.02. The van der Waals surface area contributed by atoms with E-state index in [0.717, 1.165) is 7.14 Å². The molecule has 2 aromatic carbocycles.